The molecule has 1 aromatic heterocycles. The zero-order chi connectivity index (χ0) is 18.8. The SMILES string of the molecule is CC1c2c(cc(F)c(-c3cccc4c(Cl)c[nH]c34)c2F)NC(C)(C)C1O. The Bertz CT molecular complexity index is 1030. The molecule has 0 saturated heterocycles. The number of benzene rings is 2. The van der Waals surface area contributed by atoms with Crippen LogP contribution in [0.2, 0.25) is 5.02 Å². The third-order valence-corrected chi connectivity index (χ3v) is 5.63. The van der Waals surface area contributed by atoms with Gasteiger partial charge in [0.1, 0.15) is 11.6 Å². The first-order chi connectivity index (χ1) is 12.2. The topological polar surface area (TPSA) is 48.0 Å². The fourth-order valence-electron chi connectivity index (χ4n) is 3.96. The van der Waals surface area contributed by atoms with Crippen LogP contribution in [0.25, 0.3) is 22.0 Å². The van der Waals surface area contributed by atoms with Gasteiger partial charge in [0.05, 0.1) is 27.7 Å². The van der Waals surface area contributed by atoms with E-state index in [2.05, 4.69) is 10.3 Å². The first kappa shape index (κ1) is 17.3. The lowest BCUT2D eigenvalue weighted by Crippen LogP contribution is -2.50. The summed E-state index contributed by atoms with van der Waals surface area (Å²) in [5.41, 5.74) is 0.852. The second-order valence-electron chi connectivity index (χ2n) is 7.45. The van der Waals surface area contributed by atoms with Crippen molar-refractivity contribution < 1.29 is 13.9 Å². The molecule has 2 aromatic carbocycles. The summed E-state index contributed by atoms with van der Waals surface area (Å²) in [6.07, 6.45) is 0.791. The minimum atomic E-state index is -0.807. The summed E-state index contributed by atoms with van der Waals surface area (Å²) < 4.78 is 30.4. The summed E-state index contributed by atoms with van der Waals surface area (Å²) in [4.78, 5) is 2.99. The maximum Gasteiger partial charge on any atom is 0.139 e. The van der Waals surface area contributed by atoms with Gasteiger partial charge in [-0.05, 0) is 19.9 Å². The zero-order valence-corrected chi connectivity index (χ0v) is 15.4. The van der Waals surface area contributed by atoms with Gasteiger partial charge in [0.2, 0.25) is 0 Å². The van der Waals surface area contributed by atoms with E-state index >= 15 is 4.39 Å². The molecule has 3 aromatic rings. The number of aromatic nitrogens is 1. The smallest absolute Gasteiger partial charge is 0.139 e. The molecule has 3 nitrogen and oxygen atoms in total. The molecular weight excluding hydrogens is 358 g/mol. The Morgan fingerprint density at radius 3 is 2.69 bits per heavy atom. The Hall–Kier alpha value is -2.11. The van der Waals surface area contributed by atoms with E-state index in [4.69, 9.17) is 11.6 Å². The lowest BCUT2D eigenvalue weighted by atomic mass is 9.78. The number of H-pyrrole nitrogens is 1. The number of fused-ring (bicyclic) bond motifs is 2. The third-order valence-electron chi connectivity index (χ3n) is 5.32. The Labute approximate surface area is 155 Å². The average molecular weight is 377 g/mol. The van der Waals surface area contributed by atoms with Crippen molar-refractivity contribution in [3.05, 3.63) is 52.7 Å². The number of halogens is 3. The van der Waals surface area contributed by atoms with Crippen LogP contribution in [0.15, 0.2) is 30.5 Å². The van der Waals surface area contributed by atoms with E-state index < -0.39 is 29.2 Å². The highest BCUT2D eigenvalue weighted by Crippen LogP contribution is 2.45. The molecule has 1 aliphatic rings. The van der Waals surface area contributed by atoms with Gasteiger partial charge >= 0.3 is 0 Å². The molecule has 0 radical (unpaired) electrons. The number of hydrogen-bond acceptors (Lipinski definition) is 2. The van der Waals surface area contributed by atoms with Gasteiger partial charge in [-0.1, -0.05) is 36.7 Å². The molecule has 1 aliphatic heterocycles. The summed E-state index contributed by atoms with van der Waals surface area (Å²) >= 11 is 6.14. The van der Waals surface area contributed by atoms with Crippen LogP contribution in [-0.4, -0.2) is 21.7 Å². The summed E-state index contributed by atoms with van der Waals surface area (Å²) in [6, 6.07) is 6.48. The van der Waals surface area contributed by atoms with Crippen molar-refractivity contribution in [3.8, 4) is 11.1 Å². The maximum absolute atomic E-state index is 15.5. The normalized spacial score (nSPS) is 21.5. The van der Waals surface area contributed by atoms with Crippen molar-refractivity contribution in [1.82, 2.24) is 4.98 Å². The van der Waals surface area contributed by atoms with E-state index in [-0.39, 0.29) is 5.56 Å². The molecule has 0 amide bonds. The second-order valence-corrected chi connectivity index (χ2v) is 7.86. The van der Waals surface area contributed by atoms with E-state index in [0.29, 0.717) is 32.7 Å². The molecule has 0 spiro atoms. The number of rotatable bonds is 1. The first-order valence-electron chi connectivity index (χ1n) is 8.46. The Balaban J connectivity index is 2.00. The molecule has 2 heterocycles. The minimum Gasteiger partial charge on any atom is -0.390 e. The number of hydrogen-bond donors (Lipinski definition) is 3. The number of aliphatic hydroxyl groups is 1. The van der Waals surface area contributed by atoms with Crippen LogP contribution in [0.1, 0.15) is 32.3 Å². The van der Waals surface area contributed by atoms with E-state index in [9.17, 15) is 9.50 Å². The van der Waals surface area contributed by atoms with Crippen LogP contribution in [0, 0.1) is 11.6 Å². The second kappa shape index (κ2) is 5.69. The molecule has 4 rings (SSSR count). The molecule has 6 heteroatoms. The molecule has 0 saturated carbocycles. The highest BCUT2D eigenvalue weighted by Gasteiger charge is 2.41. The van der Waals surface area contributed by atoms with E-state index in [1.165, 1.54) is 6.07 Å². The maximum atomic E-state index is 15.5. The van der Waals surface area contributed by atoms with Gasteiger partial charge in [0.15, 0.2) is 0 Å². The predicted octanol–water partition coefficient (Wildman–Crippen LogP) is 5.44. The van der Waals surface area contributed by atoms with E-state index in [0.717, 1.165) is 0 Å². The van der Waals surface area contributed by atoms with Gasteiger partial charge in [0, 0.05) is 34.3 Å². The van der Waals surface area contributed by atoms with Gasteiger partial charge in [0.25, 0.3) is 0 Å². The molecule has 3 N–H and O–H groups in total. The quantitative estimate of drug-likeness (QED) is 0.530. The lowest BCUT2D eigenvalue weighted by molar-refractivity contribution is 0.0854. The van der Waals surface area contributed by atoms with Crippen LogP contribution in [-0.2, 0) is 0 Å². The zero-order valence-electron chi connectivity index (χ0n) is 14.6. The van der Waals surface area contributed by atoms with E-state index in [1.807, 2.05) is 13.8 Å². The van der Waals surface area contributed by atoms with Gasteiger partial charge in [-0.3, -0.25) is 0 Å². The predicted molar refractivity (Wildman–Crippen MR) is 101 cm³/mol. The van der Waals surface area contributed by atoms with Gasteiger partial charge < -0.3 is 15.4 Å². The first-order valence-corrected chi connectivity index (χ1v) is 8.84. The van der Waals surface area contributed by atoms with Crippen molar-refractivity contribution in [2.24, 2.45) is 0 Å². The Kier molecular flexibility index (Phi) is 3.79. The van der Waals surface area contributed by atoms with Crippen LogP contribution < -0.4 is 5.32 Å². The van der Waals surface area contributed by atoms with Crippen molar-refractivity contribution >= 4 is 28.2 Å². The number of aliphatic hydroxyl groups excluding tert-OH is 1. The van der Waals surface area contributed by atoms with Crippen molar-refractivity contribution in [3.63, 3.8) is 0 Å². The van der Waals surface area contributed by atoms with Crippen LogP contribution in [0.3, 0.4) is 0 Å². The fraction of sp³-hybridized carbons (Fsp3) is 0.300. The standard InChI is InChI=1S/C20H19ClF2N2O/c1-9-15-14(25-20(2,3)19(9)26)7-13(22)16(17(15)23)11-6-4-5-10-12(21)8-24-18(10)11/h4-9,19,24-26H,1-3H3. The van der Waals surface area contributed by atoms with Crippen molar-refractivity contribution in [2.75, 3.05) is 5.32 Å². The fourth-order valence-corrected chi connectivity index (χ4v) is 4.17. The van der Waals surface area contributed by atoms with Crippen molar-refractivity contribution in [1.29, 1.82) is 0 Å². The summed E-state index contributed by atoms with van der Waals surface area (Å²) in [5.74, 6) is -1.80. The highest BCUT2D eigenvalue weighted by molar-refractivity contribution is 6.36. The van der Waals surface area contributed by atoms with Crippen LogP contribution in [0.5, 0.6) is 0 Å². The van der Waals surface area contributed by atoms with Crippen molar-refractivity contribution in [2.45, 2.75) is 38.3 Å². The summed E-state index contributed by atoms with van der Waals surface area (Å²) in [5, 5.41) is 14.8. The van der Waals surface area contributed by atoms with Crippen LogP contribution >= 0.6 is 11.6 Å². The molecule has 26 heavy (non-hydrogen) atoms. The van der Waals surface area contributed by atoms with Gasteiger partial charge in [-0.2, -0.15) is 0 Å². The van der Waals surface area contributed by atoms with Gasteiger partial charge in [-0.15, -0.1) is 0 Å². The lowest BCUT2D eigenvalue weighted by Gasteiger charge is -2.42. The molecule has 0 fully saturated rings. The average Bonchev–Trinajstić information content (AvgIpc) is 2.94. The highest BCUT2D eigenvalue weighted by atomic mass is 35.5. The molecule has 136 valence electrons. The van der Waals surface area contributed by atoms with Gasteiger partial charge in [-0.25, -0.2) is 8.78 Å². The summed E-state index contributed by atoms with van der Waals surface area (Å²) in [6.45, 7) is 5.37. The number of aromatic amines is 1. The van der Waals surface area contributed by atoms with Crippen LogP contribution in [0.4, 0.5) is 14.5 Å². The largest absolute Gasteiger partial charge is 0.390 e. The molecular formula is C20H19ClF2N2O. The monoisotopic (exact) mass is 376 g/mol. The number of nitrogens with one attached hydrogen (secondary N) is 2. The third kappa shape index (κ3) is 2.34. The Morgan fingerprint density at radius 2 is 1.96 bits per heavy atom. The molecule has 2 unspecified atom stereocenters. The molecule has 2 atom stereocenters. The number of para-hydroxylation sites is 1. The number of anilines is 1. The van der Waals surface area contributed by atoms with E-state index in [1.54, 1.807) is 31.3 Å². The molecule has 0 aliphatic carbocycles. The summed E-state index contributed by atoms with van der Waals surface area (Å²) in [7, 11) is 0. The molecule has 0 bridgehead atoms. The minimum absolute atomic E-state index is 0.117. The Morgan fingerprint density at radius 1 is 1.23 bits per heavy atom.